The van der Waals surface area contributed by atoms with E-state index in [4.69, 9.17) is 15.2 Å². The minimum atomic E-state index is -0.806. The van der Waals surface area contributed by atoms with Crippen molar-refractivity contribution >= 4 is 12.0 Å². The van der Waals surface area contributed by atoms with Gasteiger partial charge in [-0.25, -0.2) is 13.6 Å². The molecule has 0 heterocycles. The highest BCUT2D eigenvalue weighted by molar-refractivity contribution is 5.77. The first-order chi connectivity index (χ1) is 18.2. The normalized spacial score (nSPS) is 12.5. The molecule has 0 saturated carbocycles. The minimum Gasteiger partial charge on any atom is -0.497 e. The Morgan fingerprint density at radius 2 is 1.71 bits per heavy atom. The molecule has 0 fully saturated rings. The predicted octanol–water partition coefficient (Wildman–Crippen LogP) is 3.77. The maximum atomic E-state index is 13.7. The van der Waals surface area contributed by atoms with Crippen LogP contribution in [0.5, 0.6) is 5.75 Å². The highest BCUT2D eigenvalue weighted by Crippen LogP contribution is 2.14. The van der Waals surface area contributed by atoms with Gasteiger partial charge in [0.2, 0.25) is 5.91 Å². The lowest BCUT2D eigenvalue weighted by Gasteiger charge is -2.25. The van der Waals surface area contributed by atoms with Crippen molar-refractivity contribution in [2.24, 2.45) is 5.73 Å². The first-order valence-electron chi connectivity index (χ1n) is 13.0. The summed E-state index contributed by atoms with van der Waals surface area (Å²) in [5, 5.41) is 5.83. The van der Waals surface area contributed by atoms with Crippen molar-refractivity contribution in [2.45, 2.75) is 58.2 Å². The molecular formula is C28H40F2N4O4. The van der Waals surface area contributed by atoms with Crippen LogP contribution in [0.15, 0.2) is 42.5 Å². The van der Waals surface area contributed by atoms with E-state index >= 15 is 0 Å². The number of nitrogens with one attached hydrogen (secondary N) is 2. The number of hydrogen-bond acceptors (Lipinski definition) is 6. The third kappa shape index (κ3) is 11.0. The van der Waals surface area contributed by atoms with E-state index in [0.29, 0.717) is 30.9 Å². The monoisotopic (exact) mass is 534 g/mol. The zero-order valence-electron chi connectivity index (χ0n) is 22.5. The maximum Gasteiger partial charge on any atom is 0.407 e. The fraction of sp³-hybridized carbons (Fsp3) is 0.500. The molecule has 0 spiro atoms. The average Bonchev–Trinajstić information content (AvgIpc) is 2.87. The molecule has 210 valence electrons. The lowest BCUT2D eigenvalue weighted by atomic mass is 10.0. The molecular weight excluding hydrogens is 494 g/mol. The van der Waals surface area contributed by atoms with Gasteiger partial charge in [-0.05, 0) is 54.7 Å². The van der Waals surface area contributed by atoms with Crippen molar-refractivity contribution in [3.8, 4) is 5.75 Å². The summed E-state index contributed by atoms with van der Waals surface area (Å²) in [6, 6.07) is 9.95. The van der Waals surface area contributed by atoms with Gasteiger partial charge in [0, 0.05) is 51.3 Å². The van der Waals surface area contributed by atoms with Crippen LogP contribution in [-0.4, -0.2) is 62.3 Å². The summed E-state index contributed by atoms with van der Waals surface area (Å²) >= 11 is 0. The third-order valence-electron chi connectivity index (χ3n) is 5.89. The second kappa shape index (κ2) is 16.6. The van der Waals surface area contributed by atoms with Crippen LogP contribution in [-0.2, 0) is 22.5 Å². The van der Waals surface area contributed by atoms with Gasteiger partial charge in [0.25, 0.3) is 0 Å². The standard InChI is InChI=1S/C28H40F2N4O4/c1-4-11-34(12-5-2)27(35)9-10-33-28(36)38-26(19-32-18-20-7-6-8-24(15-20)37-3)25(31)16-21-13-22(29)17-23(30)14-21/h6-8,13-15,17,25-26,32H,4-5,9-12,16,18-19,31H2,1-3H3,(H,33,36)/t25-,26+/m0/s1. The number of alkyl carbamates (subject to hydrolysis) is 1. The Balaban J connectivity index is 1.98. The van der Waals surface area contributed by atoms with Gasteiger partial charge in [-0.3, -0.25) is 4.79 Å². The molecule has 0 aromatic heterocycles. The van der Waals surface area contributed by atoms with Crippen molar-refractivity contribution in [3.05, 3.63) is 65.2 Å². The van der Waals surface area contributed by atoms with Crippen molar-refractivity contribution < 1.29 is 27.8 Å². The summed E-state index contributed by atoms with van der Waals surface area (Å²) in [6.45, 7) is 6.14. The molecule has 0 aliphatic rings. The molecule has 0 unspecified atom stereocenters. The number of nitrogens with two attached hydrogens (primary N) is 1. The number of carbonyl (C=O) groups excluding carboxylic acids is 2. The molecule has 2 amide bonds. The van der Waals surface area contributed by atoms with Gasteiger partial charge in [0.15, 0.2) is 0 Å². The Morgan fingerprint density at radius 3 is 2.34 bits per heavy atom. The molecule has 8 nitrogen and oxygen atoms in total. The van der Waals surface area contributed by atoms with E-state index in [2.05, 4.69) is 10.6 Å². The molecule has 2 aromatic carbocycles. The number of hydrogen-bond donors (Lipinski definition) is 3. The summed E-state index contributed by atoms with van der Waals surface area (Å²) in [5.74, 6) is -0.727. The van der Waals surface area contributed by atoms with Gasteiger partial charge in [-0.1, -0.05) is 26.0 Å². The number of amides is 2. The highest BCUT2D eigenvalue weighted by Gasteiger charge is 2.23. The Bertz CT molecular complexity index is 998. The van der Waals surface area contributed by atoms with Crippen molar-refractivity contribution in [1.82, 2.24) is 15.5 Å². The van der Waals surface area contributed by atoms with Gasteiger partial charge >= 0.3 is 6.09 Å². The van der Waals surface area contributed by atoms with E-state index in [1.807, 2.05) is 38.1 Å². The summed E-state index contributed by atoms with van der Waals surface area (Å²) < 4.78 is 38.2. The number of nitrogens with zero attached hydrogens (tertiary/aromatic N) is 1. The van der Waals surface area contributed by atoms with Gasteiger partial charge in [0.1, 0.15) is 23.5 Å². The largest absolute Gasteiger partial charge is 0.497 e. The second-order valence-corrected chi connectivity index (χ2v) is 9.13. The van der Waals surface area contributed by atoms with Crippen LogP contribution in [0.4, 0.5) is 13.6 Å². The molecule has 38 heavy (non-hydrogen) atoms. The Hall–Kier alpha value is -3.24. The van der Waals surface area contributed by atoms with Crippen LogP contribution in [0.1, 0.15) is 44.2 Å². The molecule has 0 aliphatic carbocycles. The van der Waals surface area contributed by atoms with Crippen molar-refractivity contribution in [2.75, 3.05) is 33.3 Å². The van der Waals surface area contributed by atoms with E-state index in [1.54, 1.807) is 12.0 Å². The van der Waals surface area contributed by atoms with E-state index in [9.17, 15) is 18.4 Å². The molecule has 2 aromatic rings. The molecule has 0 saturated heterocycles. The van der Waals surface area contributed by atoms with Crippen LogP contribution in [0.3, 0.4) is 0 Å². The summed E-state index contributed by atoms with van der Waals surface area (Å²) in [6.07, 6.45) is 0.443. The van der Waals surface area contributed by atoms with Gasteiger partial charge in [-0.2, -0.15) is 0 Å². The third-order valence-corrected chi connectivity index (χ3v) is 5.89. The van der Waals surface area contributed by atoms with Crippen LogP contribution in [0, 0.1) is 11.6 Å². The predicted molar refractivity (Wildman–Crippen MR) is 143 cm³/mol. The highest BCUT2D eigenvalue weighted by atomic mass is 19.1. The molecule has 0 bridgehead atoms. The topological polar surface area (TPSA) is 106 Å². The quantitative estimate of drug-likeness (QED) is 0.303. The van der Waals surface area contributed by atoms with E-state index in [0.717, 1.165) is 24.5 Å². The SMILES string of the molecule is CCCN(CCC)C(=O)CCNC(=O)O[C@H](CNCc1cccc(OC)c1)[C@@H](N)Cc1cc(F)cc(F)c1. The average molecular weight is 535 g/mol. The fourth-order valence-corrected chi connectivity index (χ4v) is 4.06. The molecule has 2 atom stereocenters. The Labute approximate surface area is 223 Å². The zero-order chi connectivity index (χ0) is 27.9. The lowest BCUT2D eigenvalue weighted by molar-refractivity contribution is -0.131. The van der Waals surface area contributed by atoms with Crippen LogP contribution < -0.4 is 21.1 Å². The van der Waals surface area contributed by atoms with Crippen molar-refractivity contribution in [1.29, 1.82) is 0 Å². The van der Waals surface area contributed by atoms with Crippen LogP contribution in [0.25, 0.3) is 0 Å². The Morgan fingerprint density at radius 1 is 1.03 bits per heavy atom. The molecule has 2 rings (SSSR count). The number of ether oxygens (including phenoxy) is 2. The summed E-state index contributed by atoms with van der Waals surface area (Å²) in [5.41, 5.74) is 7.65. The van der Waals surface area contributed by atoms with Crippen molar-refractivity contribution in [3.63, 3.8) is 0 Å². The fourth-order valence-electron chi connectivity index (χ4n) is 4.06. The van der Waals surface area contributed by atoms with Gasteiger partial charge in [0.05, 0.1) is 7.11 Å². The molecule has 0 aliphatic heterocycles. The Kier molecular flexibility index (Phi) is 13.5. The smallest absolute Gasteiger partial charge is 0.407 e. The number of halogens is 2. The number of methoxy groups -OCH3 is 1. The van der Waals surface area contributed by atoms with E-state index in [1.165, 1.54) is 12.1 Å². The second-order valence-electron chi connectivity index (χ2n) is 9.13. The van der Waals surface area contributed by atoms with Gasteiger partial charge < -0.3 is 30.7 Å². The first-order valence-corrected chi connectivity index (χ1v) is 13.0. The summed E-state index contributed by atoms with van der Waals surface area (Å²) in [4.78, 5) is 26.8. The zero-order valence-corrected chi connectivity index (χ0v) is 22.5. The molecule has 0 radical (unpaired) electrons. The number of rotatable bonds is 16. The van der Waals surface area contributed by atoms with E-state index < -0.39 is 29.9 Å². The molecule has 4 N–H and O–H groups in total. The first kappa shape index (κ1) is 31.0. The van der Waals surface area contributed by atoms with E-state index in [-0.39, 0.29) is 31.8 Å². The van der Waals surface area contributed by atoms with Crippen LogP contribution in [0.2, 0.25) is 0 Å². The summed E-state index contributed by atoms with van der Waals surface area (Å²) in [7, 11) is 1.59. The number of benzene rings is 2. The lowest BCUT2D eigenvalue weighted by Crippen LogP contribution is -2.47. The van der Waals surface area contributed by atoms with Crippen LogP contribution >= 0.6 is 0 Å². The number of carbonyl (C=O) groups is 2. The molecule has 10 heteroatoms. The van der Waals surface area contributed by atoms with Gasteiger partial charge in [-0.15, -0.1) is 0 Å². The maximum absolute atomic E-state index is 13.7. The minimum absolute atomic E-state index is 0.0321.